The van der Waals surface area contributed by atoms with Gasteiger partial charge in [0.05, 0.1) is 18.6 Å². The van der Waals surface area contributed by atoms with Gasteiger partial charge in [-0.2, -0.15) is 4.31 Å². The van der Waals surface area contributed by atoms with Crippen LogP contribution >= 0.6 is 0 Å². The Morgan fingerprint density at radius 1 is 1.16 bits per heavy atom. The standard InChI is InChI=1S/C23H31N3O5S/c1-17(2)13-19-15-26(32(28,29)21-11-9-20(30-3)10-12-21)22(14-24-19)23(27)25-31-16-18-7-5-4-6-8-18/h4-12,17,19,22,24H,13-16H2,1-3H3,(H,25,27)/t19-,22-/m1/s1. The molecule has 1 fully saturated rings. The Kier molecular flexibility index (Phi) is 8.25. The van der Waals surface area contributed by atoms with E-state index in [1.165, 1.54) is 23.5 Å². The van der Waals surface area contributed by atoms with Crippen LogP contribution in [-0.2, 0) is 26.3 Å². The van der Waals surface area contributed by atoms with Crippen LogP contribution in [0.4, 0.5) is 0 Å². The van der Waals surface area contributed by atoms with Crippen LogP contribution in [0.3, 0.4) is 0 Å². The first-order valence-electron chi connectivity index (χ1n) is 10.7. The van der Waals surface area contributed by atoms with E-state index in [2.05, 4.69) is 24.6 Å². The van der Waals surface area contributed by atoms with Crippen LogP contribution in [0, 0.1) is 5.92 Å². The van der Waals surface area contributed by atoms with Gasteiger partial charge in [-0.25, -0.2) is 13.9 Å². The number of carbonyl (C=O) groups excluding carboxylic acids is 1. The summed E-state index contributed by atoms with van der Waals surface area (Å²) >= 11 is 0. The number of amides is 1. The number of methoxy groups -OCH3 is 1. The van der Waals surface area contributed by atoms with Gasteiger partial charge in [-0.3, -0.25) is 9.63 Å². The van der Waals surface area contributed by atoms with E-state index in [-0.39, 0.29) is 30.6 Å². The molecule has 1 aliphatic rings. The lowest BCUT2D eigenvalue weighted by atomic mass is 10.0. The summed E-state index contributed by atoms with van der Waals surface area (Å²) in [6, 6.07) is 14.6. The molecule has 1 saturated heterocycles. The number of sulfonamides is 1. The zero-order valence-corrected chi connectivity index (χ0v) is 19.5. The number of carbonyl (C=O) groups is 1. The lowest BCUT2D eigenvalue weighted by molar-refractivity contribution is -0.139. The molecule has 0 saturated carbocycles. The van der Waals surface area contributed by atoms with Crippen molar-refractivity contribution in [1.82, 2.24) is 15.1 Å². The molecule has 3 rings (SSSR count). The molecule has 32 heavy (non-hydrogen) atoms. The number of ether oxygens (including phenoxy) is 1. The third-order valence-corrected chi connectivity index (χ3v) is 7.22. The number of nitrogens with one attached hydrogen (secondary N) is 2. The van der Waals surface area contributed by atoms with E-state index < -0.39 is 22.0 Å². The minimum Gasteiger partial charge on any atom is -0.497 e. The highest BCUT2D eigenvalue weighted by molar-refractivity contribution is 7.89. The molecule has 0 spiro atoms. The van der Waals surface area contributed by atoms with Crippen molar-refractivity contribution in [1.29, 1.82) is 0 Å². The van der Waals surface area contributed by atoms with Gasteiger partial charge in [0, 0.05) is 19.1 Å². The monoisotopic (exact) mass is 461 g/mol. The van der Waals surface area contributed by atoms with Crippen LogP contribution in [-0.4, -0.2) is 50.9 Å². The van der Waals surface area contributed by atoms with Gasteiger partial charge >= 0.3 is 0 Å². The molecule has 2 aromatic rings. The zero-order valence-electron chi connectivity index (χ0n) is 18.7. The molecule has 174 valence electrons. The summed E-state index contributed by atoms with van der Waals surface area (Å²) in [5, 5.41) is 3.32. The maximum atomic E-state index is 13.5. The number of hydrogen-bond acceptors (Lipinski definition) is 6. The summed E-state index contributed by atoms with van der Waals surface area (Å²) in [7, 11) is -2.39. The fraction of sp³-hybridized carbons (Fsp3) is 0.435. The Hall–Kier alpha value is -2.46. The average molecular weight is 462 g/mol. The third-order valence-electron chi connectivity index (χ3n) is 5.33. The first-order chi connectivity index (χ1) is 15.3. The average Bonchev–Trinajstić information content (AvgIpc) is 2.79. The van der Waals surface area contributed by atoms with Gasteiger partial charge in [-0.15, -0.1) is 0 Å². The third kappa shape index (κ3) is 6.07. The molecule has 2 aromatic carbocycles. The first-order valence-corrected chi connectivity index (χ1v) is 12.1. The minimum atomic E-state index is -3.91. The number of hydrogen-bond donors (Lipinski definition) is 2. The number of hydroxylamine groups is 1. The van der Waals surface area contributed by atoms with E-state index in [0.29, 0.717) is 11.7 Å². The minimum absolute atomic E-state index is 0.0442. The second kappa shape index (κ2) is 10.9. The van der Waals surface area contributed by atoms with Gasteiger partial charge in [0.15, 0.2) is 0 Å². The Bertz CT molecular complexity index is 980. The normalized spacial score (nSPS) is 19.6. The van der Waals surface area contributed by atoms with Crippen molar-refractivity contribution in [3.8, 4) is 5.75 Å². The number of benzene rings is 2. The second-order valence-electron chi connectivity index (χ2n) is 8.24. The Morgan fingerprint density at radius 2 is 1.84 bits per heavy atom. The molecule has 0 unspecified atom stereocenters. The molecule has 1 aliphatic heterocycles. The molecule has 9 heteroatoms. The summed E-state index contributed by atoms with van der Waals surface area (Å²) in [4.78, 5) is 18.4. The number of rotatable bonds is 9. The van der Waals surface area contributed by atoms with Crippen LogP contribution in [0.5, 0.6) is 5.75 Å². The van der Waals surface area contributed by atoms with Gasteiger partial charge in [-0.05, 0) is 42.2 Å². The molecule has 0 radical (unpaired) electrons. The van der Waals surface area contributed by atoms with E-state index in [1.54, 1.807) is 12.1 Å². The molecule has 2 atom stereocenters. The van der Waals surface area contributed by atoms with Crippen LogP contribution < -0.4 is 15.5 Å². The van der Waals surface area contributed by atoms with Crippen molar-refractivity contribution in [2.75, 3.05) is 20.2 Å². The molecule has 8 nitrogen and oxygen atoms in total. The van der Waals surface area contributed by atoms with Gasteiger partial charge in [0.2, 0.25) is 10.0 Å². The van der Waals surface area contributed by atoms with E-state index in [9.17, 15) is 13.2 Å². The topological polar surface area (TPSA) is 97.0 Å². The van der Waals surface area contributed by atoms with E-state index in [4.69, 9.17) is 9.57 Å². The summed E-state index contributed by atoms with van der Waals surface area (Å²) < 4.78 is 33.3. The second-order valence-corrected chi connectivity index (χ2v) is 10.1. The smallest absolute Gasteiger partial charge is 0.263 e. The summed E-state index contributed by atoms with van der Waals surface area (Å²) in [5.41, 5.74) is 3.32. The van der Waals surface area contributed by atoms with E-state index >= 15 is 0 Å². The van der Waals surface area contributed by atoms with Gasteiger partial charge in [0.25, 0.3) is 5.91 Å². The lowest BCUT2D eigenvalue weighted by Crippen LogP contribution is -2.62. The largest absolute Gasteiger partial charge is 0.497 e. The summed E-state index contributed by atoms with van der Waals surface area (Å²) in [5.74, 6) is 0.441. The van der Waals surface area contributed by atoms with Crippen LogP contribution in [0.25, 0.3) is 0 Å². The lowest BCUT2D eigenvalue weighted by Gasteiger charge is -2.39. The SMILES string of the molecule is COc1ccc(S(=O)(=O)N2C[C@@H](CC(C)C)NC[C@@H]2C(=O)NOCc2ccccc2)cc1. The van der Waals surface area contributed by atoms with Crippen molar-refractivity contribution >= 4 is 15.9 Å². The Morgan fingerprint density at radius 3 is 2.47 bits per heavy atom. The highest BCUT2D eigenvalue weighted by Crippen LogP contribution is 2.24. The van der Waals surface area contributed by atoms with Crippen molar-refractivity contribution in [2.24, 2.45) is 5.92 Å². The highest BCUT2D eigenvalue weighted by atomic mass is 32.2. The van der Waals surface area contributed by atoms with Crippen molar-refractivity contribution in [3.05, 3.63) is 60.2 Å². The first kappa shape index (κ1) is 24.2. The fourth-order valence-corrected chi connectivity index (χ4v) is 5.35. The quantitative estimate of drug-likeness (QED) is 0.557. The molecule has 0 aromatic heterocycles. The predicted molar refractivity (Wildman–Crippen MR) is 121 cm³/mol. The highest BCUT2D eigenvalue weighted by Gasteiger charge is 2.40. The van der Waals surface area contributed by atoms with Crippen LogP contribution in [0.2, 0.25) is 0 Å². The van der Waals surface area contributed by atoms with E-state index in [1.807, 2.05) is 30.3 Å². The van der Waals surface area contributed by atoms with Gasteiger partial charge < -0.3 is 10.1 Å². The van der Waals surface area contributed by atoms with Crippen molar-refractivity contribution in [2.45, 2.75) is 43.9 Å². The van der Waals surface area contributed by atoms with Crippen molar-refractivity contribution < 1.29 is 22.8 Å². The maximum Gasteiger partial charge on any atom is 0.263 e. The van der Waals surface area contributed by atoms with Crippen LogP contribution in [0.1, 0.15) is 25.8 Å². The molecular formula is C23H31N3O5S. The Labute approximate surface area is 189 Å². The molecular weight excluding hydrogens is 430 g/mol. The van der Waals surface area contributed by atoms with E-state index in [0.717, 1.165) is 12.0 Å². The molecule has 2 N–H and O–H groups in total. The summed E-state index contributed by atoms with van der Waals surface area (Å²) in [6.07, 6.45) is 0.799. The molecule has 0 bridgehead atoms. The number of nitrogens with zero attached hydrogens (tertiary/aromatic N) is 1. The maximum absolute atomic E-state index is 13.5. The van der Waals surface area contributed by atoms with Crippen molar-refractivity contribution in [3.63, 3.8) is 0 Å². The fourth-order valence-electron chi connectivity index (χ4n) is 3.72. The van der Waals surface area contributed by atoms with Gasteiger partial charge in [0.1, 0.15) is 11.8 Å². The summed E-state index contributed by atoms with van der Waals surface area (Å²) in [6.45, 7) is 4.75. The molecule has 0 aliphatic carbocycles. The van der Waals surface area contributed by atoms with Gasteiger partial charge in [-0.1, -0.05) is 44.2 Å². The zero-order chi connectivity index (χ0) is 23.1. The Balaban J connectivity index is 1.76. The number of piperazine rings is 1. The van der Waals surface area contributed by atoms with Crippen LogP contribution in [0.15, 0.2) is 59.5 Å². The molecule has 1 heterocycles. The molecule has 1 amide bonds. The predicted octanol–water partition coefficient (Wildman–Crippen LogP) is 2.32.